The van der Waals surface area contributed by atoms with Gasteiger partial charge in [0.05, 0.1) is 22.0 Å². The van der Waals surface area contributed by atoms with E-state index in [0.717, 1.165) is 6.07 Å². The van der Waals surface area contributed by atoms with Gasteiger partial charge in [0.1, 0.15) is 0 Å². The highest BCUT2D eigenvalue weighted by atomic mass is 32.2. The predicted molar refractivity (Wildman–Crippen MR) is 69.3 cm³/mol. The average Bonchev–Trinajstić information content (AvgIpc) is 2.27. The highest BCUT2D eigenvalue weighted by Crippen LogP contribution is 2.22. The van der Waals surface area contributed by atoms with Gasteiger partial charge in [0, 0.05) is 11.6 Å². The van der Waals surface area contributed by atoms with Crippen molar-refractivity contribution in [1.29, 1.82) is 0 Å². The monoisotopic (exact) mass is 288 g/mol. The lowest BCUT2D eigenvalue weighted by molar-refractivity contribution is -0.385. The molecule has 0 aliphatic carbocycles. The number of hydrogen-bond donors (Lipinski definition) is 2. The van der Waals surface area contributed by atoms with Gasteiger partial charge >= 0.3 is 0 Å². The van der Waals surface area contributed by atoms with Crippen LogP contribution in [-0.4, -0.2) is 30.6 Å². The van der Waals surface area contributed by atoms with Crippen LogP contribution in [0.1, 0.15) is 19.4 Å². The summed E-state index contributed by atoms with van der Waals surface area (Å²) in [6, 6.07) is 3.67. The molecule has 106 valence electrons. The molecule has 0 saturated heterocycles. The Morgan fingerprint density at radius 1 is 1.42 bits per heavy atom. The minimum Gasteiger partial charge on any atom is -0.394 e. The Hall–Kier alpha value is -1.51. The fourth-order valence-corrected chi connectivity index (χ4v) is 2.83. The number of nitro groups is 1. The zero-order chi connectivity index (χ0) is 14.8. The Morgan fingerprint density at radius 2 is 2.00 bits per heavy atom. The van der Waals surface area contributed by atoms with E-state index in [1.807, 2.05) is 0 Å². The fraction of sp³-hybridized carbons (Fsp3) is 0.455. The zero-order valence-corrected chi connectivity index (χ0v) is 11.7. The number of aliphatic hydroxyl groups is 1. The summed E-state index contributed by atoms with van der Waals surface area (Å²) in [6.07, 6.45) is 0. The summed E-state index contributed by atoms with van der Waals surface area (Å²) in [4.78, 5) is 9.96. The van der Waals surface area contributed by atoms with E-state index >= 15 is 0 Å². The molecular weight excluding hydrogens is 272 g/mol. The third-order valence-corrected chi connectivity index (χ3v) is 4.19. The molecule has 19 heavy (non-hydrogen) atoms. The van der Waals surface area contributed by atoms with E-state index in [4.69, 9.17) is 5.11 Å². The largest absolute Gasteiger partial charge is 0.394 e. The molecule has 0 aliphatic heterocycles. The van der Waals surface area contributed by atoms with Crippen molar-refractivity contribution in [2.45, 2.75) is 31.2 Å². The fourth-order valence-electron chi connectivity index (χ4n) is 1.41. The quantitative estimate of drug-likeness (QED) is 0.619. The topological polar surface area (TPSA) is 110 Å². The number of nitrogens with zero attached hydrogens (tertiary/aromatic N) is 1. The van der Waals surface area contributed by atoms with Gasteiger partial charge in [-0.1, -0.05) is 6.07 Å². The summed E-state index contributed by atoms with van der Waals surface area (Å²) in [5.74, 6) is 0. The number of benzene rings is 1. The van der Waals surface area contributed by atoms with Crippen LogP contribution in [-0.2, 0) is 10.0 Å². The van der Waals surface area contributed by atoms with Crippen molar-refractivity contribution in [3.05, 3.63) is 33.9 Å². The van der Waals surface area contributed by atoms with Gasteiger partial charge in [-0.3, -0.25) is 10.1 Å². The Bertz CT molecular complexity index is 595. The van der Waals surface area contributed by atoms with Gasteiger partial charge in [-0.15, -0.1) is 0 Å². The number of nitro benzene ring substituents is 1. The molecule has 1 rings (SSSR count). The summed E-state index contributed by atoms with van der Waals surface area (Å²) in [6.45, 7) is 4.15. The van der Waals surface area contributed by atoms with Crippen molar-refractivity contribution in [2.24, 2.45) is 0 Å². The SMILES string of the molecule is Cc1ccc(S(=O)(=O)NC(C)(C)CO)cc1[N+](=O)[O-]. The number of nitrogens with one attached hydrogen (secondary N) is 1. The van der Waals surface area contributed by atoms with E-state index in [1.165, 1.54) is 32.9 Å². The van der Waals surface area contributed by atoms with Crippen LogP contribution in [0.15, 0.2) is 23.1 Å². The van der Waals surface area contributed by atoms with Gasteiger partial charge in [0.15, 0.2) is 0 Å². The Labute approximate surface area is 111 Å². The van der Waals surface area contributed by atoms with E-state index in [-0.39, 0.29) is 17.2 Å². The van der Waals surface area contributed by atoms with Crippen LogP contribution in [0.5, 0.6) is 0 Å². The molecule has 0 amide bonds. The summed E-state index contributed by atoms with van der Waals surface area (Å²) in [5, 5.41) is 19.8. The number of sulfonamides is 1. The first kappa shape index (κ1) is 15.5. The molecule has 0 aliphatic rings. The molecule has 0 fully saturated rings. The van der Waals surface area contributed by atoms with Crippen LogP contribution in [0, 0.1) is 17.0 Å². The molecule has 0 aromatic heterocycles. The van der Waals surface area contributed by atoms with Crippen LogP contribution < -0.4 is 4.72 Å². The van der Waals surface area contributed by atoms with Crippen molar-refractivity contribution in [3.63, 3.8) is 0 Å². The lowest BCUT2D eigenvalue weighted by Crippen LogP contribution is -2.46. The molecule has 0 atom stereocenters. The van der Waals surface area contributed by atoms with E-state index in [2.05, 4.69) is 4.72 Å². The first-order valence-electron chi connectivity index (χ1n) is 5.49. The van der Waals surface area contributed by atoms with Gasteiger partial charge < -0.3 is 5.11 Å². The van der Waals surface area contributed by atoms with Crippen molar-refractivity contribution in [1.82, 2.24) is 4.72 Å². The predicted octanol–water partition coefficient (Wildman–Crippen LogP) is 0.952. The number of aryl methyl sites for hydroxylation is 1. The lowest BCUT2D eigenvalue weighted by atomic mass is 10.1. The van der Waals surface area contributed by atoms with Gasteiger partial charge in [-0.2, -0.15) is 0 Å². The number of aliphatic hydroxyl groups excluding tert-OH is 1. The van der Waals surface area contributed by atoms with Crippen molar-refractivity contribution in [2.75, 3.05) is 6.61 Å². The molecule has 0 radical (unpaired) electrons. The standard InChI is InChI=1S/C11H16N2O5S/c1-8-4-5-9(6-10(8)13(15)16)19(17,18)12-11(2,3)7-14/h4-6,12,14H,7H2,1-3H3. The molecular formula is C11H16N2O5S. The zero-order valence-electron chi connectivity index (χ0n) is 10.9. The highest BCUT2D eigenvalue weighted by Gasteiger charge is 2.27. The van der Waals surface area contributed by atoms with Gasteiger partial charge in [-0.25, -0.2) is 13.1 Å². The van der Waals surface area contributed by atoms with Crippen LogP contribution >= 0.6 is 0 Å². The third-order valence-electron chi connectivity index (χ3n) is 2.49. The first-order chi connectivity index (χ1) is 8.59. The normalized spacial score (nSPS) is 12.4. The minimum atomic E-state index is -3.92. The maximum absolute atomic E-state index is 12.0. The maximum Gasteiger partial charge on any atom is 0.273 e. The van der Waals surface area contributed by atoms with Crippen molar-refractivity contribution < 1.29 is 18.4 Å². The van der Waals surface area contributed by atoms with E-state index in [1.54, 1.807) is 0 Å². The molecule has 0 spiro atoms. The second kappa shape index (κ2) is 5.24. The highest BCUT2D eigenvalue weighted by molar-refractivity contribution is 7.89. The Morgan fingerprint density at radius 3 is 2.47 bits per heavy atom. The number of rotatable bonds is 5. The van der Waals surface area contributed by atoms with Crippen LogP contribution in [0.2, 0.25) is 0 Å². The van der Waals surface area contributed by atoms with Crippen LogP contribution in [0.25, 0.3) is 0 Å². The van der Waals surface area contributed by atoms with Gasteiger partial charge in [0.25, 0.3) is 5.69 Å². The van der Waals surface area contributed by atoms with Gasteiger partial charge in [-0.05, 0) is 26.8 Å². The van der Waals surface area contributed by atoms with Gasteiger partial charge in [0.2, 0.25) is 10.0 Å². The van der Waals surface area contributed by atoms with E-state index in [9.17, 15) is 18.5 Å². The molecule has 1 aromatic rings. The molecule has 8 heteroatoms. The van der Waals surface area contributed by atoms with E-state index < -0.39 is 20.5 Å². The second-order valence-electron chi connectivity index (χ2n) is 4.85. The summed E-state index contributed by atoms with van der Waals surface area (Å²) in [5.41, 5.74) is -0.923. The summed E-state index contributed by atoms with van der Waals surface area (Å²) in [7, 11) is -3.92. The van der Waals surface area contributed by atoms with E-state index in [0.29, 0.717) is 5.56 Å². The number of hydrogen-bond acceptors (Lipinski definition) is 5. The Kier molecular flexibility index (Phi) is 4.28. The average molecular weight is 288 g/mol. The van der Waals surface area contributed by atoms with Crippen LogP contribution in [0.4, 0.5) is 5.69 Å². The first-order valence-corrected chi connectivity index (χ1v) is 6.97. The lowest BCUT2D eigenvalue weighted by Gasteiger charge is -2.23. The molecule has 0 unspecified atom stereocenters. The molecule has 7 nitrogen and oxygen atoms in total. The molecule has 0 saturated carbocycles. The maximum atomic E-state index is 12.0. The minimum absolute atomic E-state index is 0.202. The second-order valence-corrected chi connectivity index (χ2v) is 6.54. The smallest absolute Gasteiger partial charge is 0.273 e. The Balaban J connectivity index is 3.23. The molecule has 0 heterocycles. The van der Waals surface area contributed by atoms with Crippen molar-refractivity contribution >= 4 is 15.7 Å². The molecule has 0 bridgehead atoms. The molecule has 1 aromatic carbocycles. The molecule has 2 N–H and O–H groups in total. The van der Waals surface area contributed by atoms with Crippen LogP contribution in [0.3, 0.4) is 0 Å². The van der Waals surface area contributed by atoms with Crippen molar-refractivity contribution in [3.8, 4) is 0 Å². The summed E-state index contributed by atoms with van der Waals surface area (Å²) >= 11 is 0. The third kappa shape index (κ3) is 3.72. The summed E-state index contributed by atoms with van der Waals surface area (Å²) < 4.78 is 26.4.